The van der Waals surface area contributed by atoms with Crippen LogP contribution in [0.5, 0.6) is 0 Å². The molecule has 0 saturated carbocycles. The molecule has 26 heavy (non-hydrogen) atoms. The van der Waals surface area contributed by atoms with Gasteiger partial charge in [-0.25, -0.2) is 8.42 Å². The van der Waals surface area contributed by atoms with Crippen LogP contribution in [0.4, 0.5) is 5.69 Å². The van der Waals surface area contributed by atoms with Crippen molar-refractivity contribution in [2.45, 2.75) is 38.6 Å². The summed E-state index contributed by atoms with van der Waals surface area (Å²) in [6.45, 7) is 7.69. The van der Waals surface area contributed by atoms with Crippen LogP contribution in [0.15, 0.2) is 47.4 Å². The number of benzene rings is 2. The highest BCUT2D eigenvalue weighted by atomic mass is 35.5. The van der Waals surface area contributed by atoms with E-state index in [4.69, 9.17) is 11.6 Å². The smallest absolute Gasteiger partial charge is 0.263 e. The van der Waals surface area contributed by atoms with Crippen molar-refractivity contribution >= 4 is 33.2 Å². The van der Waals surface area contributed by atoms with E-state index in [1.165, 1.54) is 18.2 Å². The monoisotopic (exact) mass is 394 g/mol. The Hall–Kier alpha value is -2.05. The molecule has 2 aromatic rings. The number of aryl methyl sites for hydroxylation is 1. The Balaban J connectivity index is 2.34. The second-order valence-corrected chi connectivity index (χ2v) is 8.63. The maximum absolute atomic E-state index is 12.8. The van der Waals surface area contributed by atoms with Crippen molar-refractivity contribution in [3.8, 4) is 0 Å². The molecule has 1 atom stereocenters. The molecule has 0 spiro atoms. The van der Waals surface area contributed by atoms with Crippen LogP contribution in [-0.4, -0.2) is 20.4 Å². The van der Waals surface area contributed by atoms with Crippen LogP contribution < -0.4 is 10.0 Å². The van der Waals surface area contributed by atoms with Crippen molar-refractivity contribution in [3.63, 3.8) is 0 Å². The lowest BCUT2D eigenvalue weighted by Gasteiger charge is -2.18. The topological polar surface area (TPSA) is 75.3 Å². The van der Waals surface area contributed by atoms with E-state index >= 15 is 0 Å². The van der Waals surface area contributed by atoms with Crippen LogP contribution >= 0.6 is 11.6 Å². The average Bonchev–Trinajstić information content (AvgIpc) is 2.56. The molecule has 5 nitrogen and oxygen atoms in total. The zero-order chi connectivity index (χ0) is 19.5. The molecule has 2 N–H and O–H groups in total. The van der Waals surface area contributed by atoms with Gasteiger partial charge in [-0.05, 0) is 49.6 Å². The summed E-state index contributed by atoms with van der Waals surface area (Å²) < 4.78 is 28.0. The quantitative estimate of drug-likeness (QED) is 0.770. The molecule has 0 aliphatic rings. The normalized spacial score (nSPS) is 12.7. The fraction of sp³-hybridized carbons (Fsp3) is 0.316. The van der Waals surface area contributed by atoms with Crippen molar-refractivity contribution in [3.05, 3.63) is 58.6 Å². The highest BCUT2D eigenvalue weighted by Gasteiger charge is 2.21. The first kappa shape index (κ1) is 20.3. The van der Waals surface area contributed by atoms with Gasteiger partial charge < -0.3 is 5.32 Å². The number of carbonyl (C=O) groups excluding carboxylic acids is 1. The number of hydrogen-bond donors (Lipinski definition) is 2. The van der Waals surface area contributed by atoms with Gasteiger partial charge in [-0.15, -0.1) is 0 Å². The molecule has 0 aliphatic carbocycles. The number of carbonyl (C=O) groups is 1. The first-order valence-electron chi connectivity index (χ1n) is 8.30. The van der Waals surface area contributed by atoms with Gasteiger partial charge in [-0.3, -0.25) is 9.52 Å². The molecule has 7 heteroatoms. The predicted molar refractivity (Wildman–Crippen MR) is 105 cm³/mol. The molecule has 2 rings (SSSR count). The summed E-state index contributed by atoms with van der Waals surface area (Å²) in [4.78, 5) is 12.3. The number of hydrogen-bond acceptors (Lipinski definition) is 3. The van der Waals surface area contributed by atoms with Gasteiger partial charge in [0, 0.05) is 11.6 Å². The first-order valence-corrected chi connectivity index (χ1v) is 10.2. The van der Waals surface area contributed by atoms with Gasteiger partial charge in [0.15, 0.2) is 0 Å². The van der Waals surface area contributed by atoms with Gasteiger partial charge >= 0.3 is 0 Å². The minimum atomic E-state index is -3.93. The highest BCUT2D eigenvalue weighted by molar-refractivity contribution is 7.92. The van der Waals surface area contributed by atoms with Crippen molar-refractivity contribution in [2.75, 3.05) is 4.72 Å². The minimum absolute atomic E-state index is 0.0386. The van der Waals surface area contributed by atoms with Gasteiger partial charge in [-0.1, -0.05) is 43.6 Å². The number of halogens is 1. The largest absolute Gasteiger partial charge is 0.349 e. The Labute approximate surface area is 159 Å². The van der Waals surface area contributed by atoms with Crippen LogP contribution in [-0.2, 0) is 10.0 Å². The Morgan fingerprint density at radius 3 is 2.35 bits per heavy atom. The molecule has 0 fully saturated rings. The van der Waals surface area contributed by atoms with Gasteiger partial charge in [0.1, 0.15) is 4.90 Å². The summed E-state index contributed by atoms with van der Waals surface area (Å²) >= 11 is 6.10. The maximum Gasteiger partial charge on any atom is 0.263 e. The third kappa shape index (κ3) is 4.77. The van der Waals surface area contributed by atoms with Crippen molar-refractivity contribution in [1.29, 1.82) is 0 Å². The van der Waals surface area contributed by atoms with Crippen LogP contribution in [0.1, 0.15) is 36.7 Å². The van der Waals surface area contributed by atoms with E-state index in [1.54, 1.807) is 25.1 Å². The molecule has 2 aromatic carbocycles. The number of amides is 1. The van der Waals surface area contributed by atoms with Gasteiger partial charge in [0.05, 0.1) is 10.7 Å². The highest BCUT2D eigenvalue weighted by Crippen LogP contribution is 2.26. The molecule has 0 aromatic heterocycles. The molecule has 0 heterocycles. The summed E-state index contributed by atoms with van der Waals surface area (Å²) in [6.07, 6.45) is 0. The minimum Gasteiger partial charge on any atom is -0.349 e. The van der Waals surface area contributed by atoms with Crippen LogP contribution in [0.25, 0.3) is 0 Å². The first-order chi connectivity index (χ1) is 12.1. The third-order valence-electron chi connectivity index (χ3n) is 4.23. The third-order valence-corrected chi connectivity index (χ3v) is 6.08. The van der Waals surface area contributed by atoms with E-state index in [9.17, 15) is 13.2 Å². The molecule has 0 radical (unpaired) electrons. The van der Waals surface area contributed by atoms with E-state index < -0.39 is 10.0 Å². The maximum atomic E-state index is 12.8. The molecule has 0 unspecified atom stereocenters. The lowest BCUT2D eigenvalue weighted by molar-refractivity contribution is 0.0930. The van der Waals surface area contributed by atoms with Crippen molar-refractivity contribution < 1.29 is 13.2 Å². The SMILES string of the molecule is Cc1ccccc1NS(=O)(=O)c1cc(C(=O)N[C@@H](C)C(C)C)ccc1Cl. The molecule has 1 amide bonds. The molecule has 0 saturated heterocycles. The van der Waals surface area contributed by atoms with Gasteiger partial charge in [0.25, 0.3) is 15.9 Å². The molecule has 0 bridgehead atoms. The van der Waals surface area contributed by atoms with Gasteiger partial charge in [-0.2, -0.15) is 0 Å². The summed E-state index contributed by atoms with van der Waals surface area (Å²) in [6, 6.07) is 11.2. The summed E-state index contributed by atoms with van der Waals surface area (Å²) in [5.41, 5.74) is 1.49. The van der Waals surface area contributed by atoms with E-state index in [-0.39, 0.29) is 33.3 Å². The van der Waals surface area contributed by atoms with Crippen LogP contribution in [0.3, 0.4) is 0 Å². The molecular weight excluding hydrogens is 372 g/mol. The Kier molecular flexibility index (Phi) is 6.31. The Bertz CT molecular complexity index is 911. The lowest BCUT2D eigenvalue weighted by Crippen LogP contribution is -2.36. The molecular formula is C19H23ClN2O3S. The second kappa shape index (κ2) is 8.10. The van der Waals surface area contributed by atoms with Crippen molar-refractivity contribution in [2.24, 2.45) is 5.92 Å². The standard InChI is InChI=1S/C19H23ClN2O3S/c1-12(2)14(4)21-19(23)15-9-10-16(20)18(11-15)26(24,25)22-17-8-6-5-7-13(17)3/h5-12,14,22H,1-4H3,(H,21,23)/t14-/m0/s1. The van der Waals surface area contributed by atoms with Crippen LogP contribution in [0, 0.1) is 12.8 Å². The lowest BCUT2D eigenvalue weighted by atomic mass is 10.1. The summed E-state index contributed by atoms with van der Waals surface area (Å²) in [7, 11) is -3.93. The fourth-order valence-electron chi connectivity index (χ4n) is 2.19. The Morgan fingerprint density at radius 1 is 1.08 bits per heavy atom. The Morgan fingerprint density at radius 2 is 1.73 bits per heavy atom. The number of sulfonamides is 1. The second-order valence-electron chi connectivity index (χ2n) is 6.57. The van der Waals surface area contributed by atoms with E-state index in [1.807, 2.05) is 26.8 Å². The zero-order valence-electron chi connectivity index (χ0n) is 15.2. The summed E-state index contributed by atoms with van der Waals surface area (Å²) in [5.74, 6) is -0.0765. The van der Waals surface area contributed by atoms with E-state index in [0.29, 0.717) is 5.69 Å². The predicted octanol–water partition coefficient (Wildman–Crippen LogP) is 4.22. The van der Waals surface area contributed by atoms with Gasteiger partial charge in [0.2, 0.25) is 0 Å². The number of rotatable bonds is 6. The fourth-order valence-corrected chi connectivity index (χ4v) is 3.85. The van der Waals surface area contributed by atoms with Crippen molar-refractivity contribution in [1.82, 2.24) is 5.32 Å². The zero-order valence-corrected chi connectivity index (χ0v) is 16.8. The molecule has 0 aliphatic heterocycles. The van der Waals surface area contributed by atoms with Crippen LogP contribution in [0.2, 0.25) is 5.02 Å². The number of anilines is 1. The average molecular weight is 395 g/mol. The molecule has 140 valence electrons. The van der Waals surface area contributed by atoms with E-state index in [2.05, 4.69) is 10.0 Å². The number of nitrogens with one attached hydrogen (secondary N) is 2. The number of para-hydroxylation sites is 1. The van der Waals surface area contributed by atoms with E-state index in [0.717, 1.165) is 5.56 Å². The summed E-state index contributed by atoms with van der Waals surface area (Å²) in [5, 5.41) is 2.91.